The van der Waals surface area contributed by atoms with E-state index in [1.165, 1.54) is 9.87 Å². The van der Waals surface area contributed by atoms with Gasteiger partial charge in [0, 0.05) is 0 Å². The van der Waals surface area contributed by atoms with Crippen molar-refractivity contribution in [3.05, 3.63) is 65.7 Å². The number of sulfonamides is 1. The van der Waals surface area contributed by atoms with Crippen LogP contribution in [0.3, 0.4) is 0 Å². The summed E-state index contributed by atoms with van der Waals surface area (Å²) in [4.78, 5) is 12.9. The zero-order chi connectivity index (χ0) is 18.7. The van der Waals surface area contributed by atoms with Gasteiger partial charge in [-0.3, -0.25) is 9.10 Å². The van der Waals surface area contributed by atoms with Crippen molar-refractivity contribution in [3.8, 4) is 0 Å². The van der Waals surface area contributed by atoms with E-state index in [1.807, 2.05) is 24.3 Å². The molecule has 1 N–H and O–H groups in total. The molecule has 1 aliphatic rings. The predicted molar refractivity (Wildman–Crippen MR) is 103 cm³/mol. The van der Waals surface area contributed by atoms with Crippen molar-refractivity contribution >= 4 is 21.6 Å². The van der Waals surface area contributed by atoms with E-state index in [-0.39, 0.29) is 11.9 Å². The fourth-order valence-corrected chi connectivity index (χ4v) is 4.75. The average Bonchev–Trinajstić information content (AvgIpc) is 2.62. The van der Waals surface area contributed by atoms with Crippen molar-refractivity contribution in [1.82, 2.24) is 5.32 Å². The summed E-state index contributed by atoms with van der Waals surface area (Å²) >= 11 is 0. The molecule has 2 aromatic rings. The molecule has 26 heavy (non-hydrogen) atoms. The molecule has 0 saturated heterocycles. The van der Waals surface area contributed by atoms with Crippen molar-refractivity contribution in [3.63, 3.8) is 0 Å². The van der Waals surface area contributed by atoms with Gasteiger partial charge in [-0.1, -0.05) is 42.5 Å². The van der Waals surface area contributed by atoms with Crippen molar-refractivity contribution in [2.24, 2.45) is 0 Å². The summed E-state index contributed by atoms with van der Waals surface area (Å²) in [5, 5.41) is 3.05. The number of carbonyl (C=O) groups is 1. The maximum atomic E-state index is 12.9. The monoisotopic (exact) mass is 372 g/mol. The molecule has 6 heteroatoms. The number of amides is 1. The molecular weight excluding hydrogens is 348 g/mol. The van der Waals surface area contributed by atoms with Crippen LogP contribution in [0.15, 0.2) is 54.6 Å². The van der Waals surface area contributed by atoms with Gasteiger partial charge in [0.25, 0.3) is 0 Å². The van der Waals surface area contributed by atoms with Crippen LogP contribution < -0.4 is 9.62 Å². The van der Waals surface area contributed by atoms with E-state index < -0.39 is 16.1 Å². The molecule has 138 valence electrons. The van der Waals surface area contributed by atoms with Crippen LogP contribution in [0.25, 0.3) is 0 Å². The lowest BCUT2D eigenvalue weighted by atomic mass is 9.87. The zero-order valence-electron chi connectivity index (χ0n) is 15.1. The predicted octanol–water partition coefficient (Wildman–Crippen LogP) is 3.03. The fraction of sp³-hybridized carbons (Fsp3) is 0.350. The maximum absolute atomic E-state index is 12.9. The minimum absolute atomic E-state index is 0.0768. The van der Waals surface area contributed by atoms with Gasteiger partial charge in [-0.15, -0.1) is 0 Å². The molecule has 0 fully saturated rings. The van der Waals surface area contributed by atoms with Gasteiger partial charge < -0.3 is 5.32 Å². The van der Waals surface area contributed by atoms with Gasteiger partial charge in [0.15, 0.2) is 0 Å². The Hall–Kier alpha value is -2.34. The minimum Gasteiger partial charge on any atom is -0.347 e. The topological polar surface area (TPSA) is 66.5 Å². The first kappa shape index (κ1) is 18.5. The second-order valence-electron chi connectivity index (χ2n) is 6.72. The fourth-order valence-electron chi connectivity index (χ4n) is 3.58. The molecule has 5 nitrogen and oxygen atoms in total. The van der Waals surface area contributed by atoms with E-state index in [1.54, 1.807) is 31.2 Å². The number of carbonyl (C=O) groups excluding carboxylic acids is 1. The van der Waals surface area contributed by atoms with E-state index in [4.69, 9.17) is 0 Å². The number of hydrogen-bond donors (Lipinski definition) is 1. The van der Waals surface area contributed by atoms with E-state index in [2.05, 4.69) is 11.4 Å². The van der Waals surface area contributed by atoms with Crippen LogP contribution in [-0.2, 0) is 21.2 Å². The first-order valence-electron chi connectivity index (χ1n) is 8.80. The second-order valence-corrected chi connectivity index (χ2v) is 8.58. The van der Waals surface area contributed by atoms with E-state index in [9.17, 15) is 13.2 Å². The normalized spacial score (nSPS) is 17.8. The largest absolute Gasteiger partial charge is 0.347 e. The summed E-state index contributed by atoms with van der Waals surface area (Å²) in [6, 6.07) is 15.9. The average molecular weight is 372 g/mol. The first-order valence-corrected chi connectivity index (χ1v) is 10.7. The Balaban J connectivity index is 1.83. The third-order valence-corrected chi connectivity index (χ3v) is 6.03. The molecule has 2 aromatic carbocycles. The Morgan fingerprint density at radius 2 is 1.77 bits per heavy atom. The molecule has 1 aliphatic carbocycles. The number of hydrogen-bond acceptors (Lipinski definition) is 3. The lowest BCUT2D eigenvalue weighted by Crippen LogP contribution is -2.49. The molecule has 0 saturated carbocycles. The molecule has 0 unspecified atom stereocenters. The number of benzene rings is 2. The number of nitrogens with zero attached hydrogens (tertiary/aromatic N) is 1. The van der Waals surface area contributed by atoms with Crippen molar-refractivity contribution in [1.29, 1.82) is 0 Å². The summed E-state index contributed by atoms with van der Waals surface area (Å²) in [5.74, 6) is -0.291. The molecule has 0 bridgehead atoms. The Morgan fingerprint density at radius 1 is 1.12 bits per heavy atom. The number of nitrogens with one attached hydrogen (secondary N) is 1. The molecule has 0 radical (unpaired) electrons. The third-order valence-electron chi connectivity index (χ3n) is 4.79. The molecule has 1 amide bonds. The molecule has 0 heterocycles. The summed E-state index contributed by atoms with van der Waals surface area (Å²) < 4.78 is 25.8. The van der Waals surface area contributed by atoms with Crippen molar-refractivity contribution in [2.75, 3.05) is 10.6 Å². The molecule has 0 aromatic heterocycles. The van der Waals surface area contributed by atoms with Gasteiger partial charge in [-0.2, -0.15) is 0 Å². The maximum Gasteiger partial charge on any atom is 0.244 e. The van der Waals surface area contributed by atoms with Crippen LogP contribution in [0, 0.1) is 0 Å². The zero-order valence-corrected chi connectivity index (χ0v) is 15.9. The van der Waals surface area contributed by atoms with Crippen LogP contribution in [0.1, 0.15) is 36.9 Å². The van der Waals surface area contributed by atoms with Gasteiger partial charge in [-0.25, -0.2) is 8.42 Å². The Bertz CT molecular complexity index is 881. The molecule has 0 spiro atoms. The van der Waals surface area contributed by atoms with E-state index in [0.29, 0.717) is 5.69 Å². The van der Waals surface area contributed by atoms with Crippen LogP contribution in [0.2, 0.25) is 0 Å². The summed E-state index contributed by atoms with van der Waals surface area (Å²) in [7, 11) is -3.59. The van der Waals surface area contributed by atoms with Crippen molar-refractivity contribution in [2.45, 2.75) is 38.3 Å². The highest BCUT2D eigenvalue weighted by Gasteiger charge is 2.31. The Kier molecular flexibility index (Phi) is 5.32. The van der Waals surface area contributed by atoms with E-state index in [0.717, 1.165) is 31.1 Å². The highest BCUT2D eigenvalue weighted by molar-refractivity contribution is 7.92. The SMILES string of the molecule is C[C@H](C(=O)N[C@@H]1CCCc2ccccc21)N(c1ccccc1)S(C)(=O)=O. The Morgan fingerprint density at radius 3 is 2.46 bits per heavy atom. The smallest absolute Gasteiger partial charge is 0.244 e. The lowest BCUT2D eigenvalue weighted by molar-refractivity contribution is -0.122. The highest BCUT2D eigenvalue weighted by Crippen LogP contribution is 2.30. The molecule has 2 atom stereocenters. The highest BCUT2D eigenvalue weighted by atomic mass is 32.2. The van der Waals surface area contributed by atoms with Gasteiger partial charge in [0.05, 0.1) is 18.0 Å². The number of aryl methyl sites for hydroxylation is 1. The standard InChI is InChI=1S/C20H24N2O3S/c1-15(22(26(2,24)25)17-11-4-3-5-12-17)20(23)21-19-14-8-10-16-9-6-7-13-18(16)19/h3-7,9,11-13,15,19H,8,10,14H2,1-2H3,(H,21,23)/t15-,19-/m1/s1. The summed E-state index contributed by atoms with van der Waals surface area (Å²) in [5.41, 5.74) is 2.87. The van der Waals surface area contributed by atoms with Crippen LogP contribution in [0.5, 0.6) is 0 Å². The van der Waals surface area contributed by atoms with Crippen molar-refractivity contribution < 1.29 is 13.2 Å². The van der Waals surface area contributed by atoms with Gasteiger partial charge in [-0.05, 0) is 49.4 Å². The summed E-state index contributed by atoms with van der Waals surface area (Å²) in [6.45, 7) is 1.62. The molecule has 0 aliphatic heterocycles. The molecule has 3 rings (SSSR count). The van der Waals surface area contributed by atoms with E-state index >= 15 is 0 Å². The minimum atomic E-state index is -3.59. The Labute approximate surface area is 155 Å². The quantitative estimate of drug-likeness (QED) is 0.877. The second kappa shape index (κ2) is 7.50. The lowest BCUT2D eigenvalue weighted by Gasteiger charge is -2.31. The van der Waals surface area contributed by atoms with Gasteiger partial charge >= 0.3 is 0 Å². The number of rotatable bonds is 5. The van der Waals surface area contributed by atoms with Gasteiger partial charge in [0.2, 0.25) is 15.9 Å². The summed E-state index contributed by atoms with van der Waals surface area (Å²) in [6.07, 6.45) is 4.00. The third kappa shape index (κ3) is 3.90. The van der Waals surface area contributed by atoms with Crippen LogP contribution >= 0.6 is 0 Å². The first-order chi connectivity index (χ1) is 12.4. The number of para-hydroxylation sites is 1. The number of fused-ring (bicyclic) bond motifs is 1. The van der Waals surface area contributed by atoms with Crippen LogP contribution in [0.4, 0.5) is 5.69 Å². The number of anilines is 1. The van der Waals surface area contributed by atoms with Gasteiger partial charge in [0.1, 0.15) is 6.04 Å². The molecular formula is C20H24N2O3S. The van der Waals surface area contributed by atoms with Crippen LogP contribution in [-0.4, -0.2) is 26.6 Å².